The molecular formula is C12H13NO2. The number of nitrogens with zero attached hydrogens (tertiary/aromatic N) is 1. The van der Waals surface area contributed by atoms with Gasteiger partial charge in [-0.1, -0.05) is 24.3 Å². The molecule has 0 fully saturated rings. The fraction of sp³-hybridized carbons (Fsp3) is 0.250. The van der Waals surface area contributed by atoms with Gasteiger partial charge in [0.1, 0.15) is 0 Å². The number of hydrogen-bond donors (Lipinski definition) is 0. The van der Waals surface area contributed by atoms with Crippen molar-refractivity contribution in [1.82, 2.24) is 4.90 Å². The summed E-state index contributed by atoms with van der Waals surface area (Å²) in [7, 11) is 1.38. The first-order valence-electron chi connectivity index (χ1n) is 4.86. The van der Waals surface area contributed by atoms with Crippen molar-refractivity contribution in [2.45, 2.75) is 13.1 Å². The number of carbonyl (C=O) groups excluding carboxylic acids is 1. The van der Waals surface area contributed by atoms with Crippen LogP contribution < -0.4 is 0 Å². The van der Waals surface area contributed by atoms with Gasteiger partial charge in [0.05, 0.1) is 7.11 Å². The molecule has 1 aromatic rings. The summed E-state index contributed by atoms with van der Waals surface area (Å²) in [5, 5.41) is 0. The molecule has 3 heteroatoms. The maximum absolute atomic E-state index is 10.9. The molecule has 0 amide bonds. The van der Waals surface area contributed by atoms with Crippen molar-refractivity contribution in [2.75, 3.05) is 7.11 Å². The Labute approximate surface area is 89.0 Å². The fourth-order valence-electron chi connectivity index (χ4n) is 1.70. The SMILES string of the molecule is COC(=O)/C=C/N1Cc2ccccc2C1. The Morgan fingerprint density at radius 2 is 1.93 bits per heavy atom. The van der Waals surface area contributed by atoms with Crippen LogP contribution in [0.5, 0.6) is 0 Å². The molecular weight excluding hydrogens is 190 g/mol. The Bertz CT molecular complexity index is 373. The summed E-state index contributed by atoms with van der Waals surface area (Å²) < 4.78 is 4.53. The first kappa shape index (κ1) is 9.77. The van der Waals surface area contributed by atoms with Crippen LogP contribution in [-0.2, 0) is 22.6 Å². The standard InChI is InChI=1S/C12H13NO2/c1-15-12(14)6-7-13-8-10-4-2-3-5-11(10)9-13/h2-7H,8-9H2,1H3/b7-6+. The molecule has 78 valence electrons. The van der Waals surface area contributed by atoms with Crippen LogP contribution in [0.2, 0.25) is 0 Å². The van der Waals surface area contributed by atoms with E-state index < -0.39 is 0 Å². The zero-order valence-corrected chi connectivity index (χ0v) is 8.64. The number of benzene rings is 1. The summed E-state index contributed by atoms with van der Waals surface area (Å²) in [5.41, 5.74) is 2.65. The molecule has 2 rings (SSSR count). The van der Waals surface area contributed by atoms with Gasteiger partial charge < -0.3 is 9.64 Å². The molecule has 0 radical (unpaired) electrons. The summed E-state index contributed by atoms with van der Waals surface area (Å²) in [4.78, 5) is 13.0. The van der Waals surface area contributed by atoms with Gasteiger partial charge in [-0.3, -0.25) is 0 Å². The molecule has 0 spiro atoms. The van der Waals surface area contributed by atoms with Crippen LogP contribution in [0, 0.1) is 0 Å². The van der Waals surface area contributed by atoms with Gasteiger partial charge >= 0.3 is 5.97 Å². The maximum atomic E-state index is 10.9. The lowest BCUT2D eigenvalue weighted by atomic mass is 10.1. The van der Waals surface area contributed by atoms with Crippen molar-refractivity contribution in [3.05, 3.63) is 47.7 Å². The van der Waals surface area contributed by atoms with E-state index in [0.29, 0.717) is 0 Å². The molecule has 1 heterocycles. The highest BCUT2D eigenvalue weighted by Crippen LogP contribution is 2.21. The molecule has 0 aliphatic carbocycles. The Morgan fingerprint density at radius 3 is 2.47 bits per heavy atom. The summed E-state index contributed by atoms with van der Waals surface area (Å²) in [5.74, 6) is -0.314. The Kier molecular flexibility index (Phi) is 2.72. The highest BCUT2D eigenvalue weighted by molar-refractivity contribution is 5.81. The van der Waals surface area contributed by atoms with E-state index in [1.54, 1.807) is 6.20 Å². The zero-order chi connectivity index (χ0) is 10.7. The number of hydrogen-bond acceptors (Lipinski definition) is 3. The molecule has 0 saturated carbocycles. The first-order chi connectivity index (χ1) is 7.29. The van der Waals surface area contributed by atoms with Gasteiger partial charge in [0.25, 0.3) is 0 Å². The number of ether oxygens (including phenoxy) is 1. The number of esters is 1. The quantitative estimate of drug-likeness (QED) is 0.541. The molecule has 1 aromatic carbocycles. The second-order valence-electron chi connectivity index (χ2n) is 3.51. The van der Waals surface area contributed by atoms with E-state index in [9.17, 15) is 4.79 Å². The highest BCUT2D eigenvalue weighted by Gasteiger charge is 2.14. The second kappa shape index (κ2) is 4.17. The van der Waals surface area contributed by atoms with Gasteiger partial charge in [-0.15, -0.1) is 0 Å². The van der Waals surface area contributed by atoms with Crippen molar-refractivity contribution in [3.63, 3.8) is 0 Å². The maximum Gasteiger partial charge on any atom is 0.331 e. The Morgan fingerprint density at radius 1 is 1.33 bits per heavy atom. The molecule has 0 unspecified atom stereocenters. The minimum absolute atomic E-state index is 0.314. The third kappa shape index (κ3) is 2.18. The number of carbonyl (C=O) groups is 1. The molecule has 0 aromatic heterocycles. The van der Waals surface area contributed by atoms with Gasteiger partial charge in [-0.05, 0) is 11.1 Å². The van der Waals surface area contributed by atoms with Crippen LogP contribution in [0.15, 0.2) is 36.5 Å². The predicted molar refractivity (Wildman–Crippen MR) is 56.8 cm³/mol. The van der Waals surface area contributed by atoms with Crippen molar-refractivity contribution in [1.29, 1.82) is 0 Å². The monoisotopic (exact) mass is 203 g/mol. The summed E-state index contributed by atoms with van der Waals surface area (Å²) in [6, 6.07) is 8.29. The highest BCUT2D eigenvalue weighted by atomic mass is 16.5. The van der Waals surface area contributed by atoms with E-state index in [1.807, 2.05) is 12.1 Å². The van der Waals surface area contributed by atoms with Gasteiger partial charge in [0.2, 0.25) is 0 Å². The summed E-state index contributed by atoms with van der Waals surface area (Å²) in [6.07, 6.45) is 3.23. The van der Waals surface area contributed by atoms with Crippen molar-refractivity contribution in [3.8, 4) is 0 Å². The molecule has 1 aliphatic rings. The largest absolute Gasteiger partial charge is 0.466 e. The fourth-order valence-corrected chi connectivity index (χ4v) is 1.70. The van der Waals surface area contributed by atoms with Crippen LogP contribution >= 0.6 is 0 Å². The zero-order valence-electron chi connectivity index (χ0n) is 8.64. The van der Waals surface area contributed by atoms with Crippen LogP contribution in [-0.4, -0.2) is 18.0 Å². The topological polar surface area (TPSA) is 29.5 Å². The van der Waals surface area contributed by atoms with E-state index in [4.69, 9.17) is 0 Å². The lowest BCUT2D eigenvalue weighted by Crippen LogP contribution is -2.08. The molecule has 0 bridgehead atoms. The Hall–Kier alpha value is -1.77. The van der Waals surface area contributed by atoms with E-state index in [1.165, 1.54) is 24.3 Å². The number of fused-ring (bicyclic) bond motifs is 1. The third-order valence-corrected chi connectivity index (χ3v) is 2.49. The minimum Gasteiger partial charge on any atom is -0.466 e. The summed E-state index contributed by atoms with van der Waals surface area (Å²) >= 11 is 0. The van der Waals surface area contributed by atoms with E-state index in [2.05, 4.69) is 21.8 Å². The number of methoxy groups -OCH3 is 1. The van der Waals surface area contributed by atoms with Crippen LogP contribution in [0.25, 0.3) is 0 Å². The predicted octanol–water partition coefficient (Wildman–Crippen LogP) is 1.69. The molecule has 0 atom stereocenters. The average Bonchev–Trinajstić information content (AvgIpc) is 2.68. The average molecular weight is 203 g/mol. The van der Waals surface area contributed by atoms with Gasteiger partial charge in [0.15, 0.2) is 0 Å². The first-order valence-corrected chi connectivity index (χ1v) is 4.86. The smallest absolute Gasteiger partial charge is 0.331 e. The van der Waals surface area contributed by atoms with Crippen LogP contribution in [0.3, 0.4) is 0 Å². The normalized spacial score (nSPS) is 14.3. The van der Waals surface area contributed by atoms with Crippen LogP contribution in [0.4, 0.5) is 0 Å². The molecule has 15 heavy (non-hydrogen) atoms. The van der Waals surface area contributed by atoms with Gasteiger partial charge in [-0.2, -0.15) is 0 Å². The second-order valence-corrected chi connectivity index (χ2v) is 3.51. The molecule has 0 N–H and O–H groups in total. The molecule has 0 saturated heterocycles. The van der Waals surface area contributed by atoms with Gasteiger partial charge in [-0.25, -0.2) is 4.79 Å². The van der Waals surface area contributed by atoms with Crippen molar-refractivity contribution < 1.29 is 9.53 Å². The minimum atomic E-state index is -0.314. The van der Waals surface area contributed by atoms with Crippen molar-refractivity contribution in [2.24, 2.45) is 0 Å². The lowest BCUT2D eigenvalue weighted by Gasteiger charge is -2.09. The third-order valence-electron chi connectivity index (χ3n) is 2.49. The van der Waals surface area contributed by atoms with E-state index >= 15 is 0 Å². The number of rotatable bonds is 2. The van der Waals surface area contributed by atoms with Crippen molar-refractivity contribution >= 4 is 5.97 Å². The van der Waals surface area contributed by atoms with Gasteiger partial charge in [0, 0.05) is 25.4 Å². The molecule has 3 nitrogen and oxygen atoms in total. The molecule has 1 aliphatic heterocycles. The van der Waals surface area contributed by atoms with E-state index in [0.717, 1.165) is 13.1 Å². The van der Waals surface area contributed by atoms with E-state index in [-0.39, 0.29) is 5.97 Å². The van der Waals surface area contributed by atoms with Crippen LogP contribution in [0.1, 0.15) is 11.1 Å². The summed E-state index contributed by atoms with van der Waals surface area (Å²) in [6.45, 7) is 1.73. The Balaban J connectivity index is 2.02. The lowest BCUT2D eigenvalue weighted by molar-refractivity contribution is -0.134.